The lowest BCUT2D eigenvalue weighted by molar-refractivity contribution is -0.139. The van der Waals surface area contributed by atoms with Crippen LogP contribution in [0.1, 0.15) is 35.3 Å². The molecule has 1 aromatic carbocycles. The summed E-state index contributed by atoms with van der Waals surface area (Å²) >= 11 is 0. The van der Waals surface area contributed by atoms with Crippen molar-refractivity contribution in [2.45, 2.75) is 33.8 Å². The van der Waals surface area contributed by atoms with E-state index in [4.69, 9.17) is 9.47 Å². The Balaban J connectivity index is 2.37. The fraction of sp³-hybridized carbons (Fsp3) is 0.438. The highest BCUT2D eigenvalue weighted by Gasteiger charge is 2.30. The molecule has 0 saturated heterocycles. The number of ether oxygens (including phenoxy) is 2. The first kappa shape index (κ1) is 13.8. The van der Waals surface area contributed by atoms with E-state index in [0.29, 0.717) is 18.8 Å². The van der Waals surface area contributed by atoms with E-state index in [-0.39, 0.29) is 12.1 Å². The van der Waals surface area contributed by atoms with Gasteiger partial charge in [-0.25, -0.2) is 4.79 Å². The van der Waals surface area contributed by atoms with Gasteiger partial charge in [-0.05, 0) is 50.5 Å². The normalized spacial score (nSPS) is 18.3. The van der Waals surface area contributed by atoms with Gasteiger partial charge in [0.1, 0.15) is 6.10 Å². The average molecular weight is 260 g/mol. The number of esters is 1. The smallest absolute Gasteiger partial charge is 0.336 e. The zero-order chi connectivity index (χ0) is 14.0. The third kappa shape index (κ3) is 2.71. The summed E-state index contributed by atoms with van der Waals surface area (Å²) < 4.78 is 10.8. The molecular formula is C16H20O3. The van der Waals surface area contributed by atoms with Crippen LogP contribution in [0.25, 0.3) is 0 Å². The van der Waals surface area contributed by atoms with Gasteiger partial charge in [-0.3, -0.25) is 0 Å². The average Bonchev–Trinajstić information content (AvgIpc) is 2.77. The molecule has 3 heteroatoms. The van der Waals surface area contributed by atoms with E-state index in [9.17, 15) is 4.79 Å². The lowest BCUT2D eigenvalue weighted by atomic mass is 9.92. The summed E-state index contributed by atoms with van der Waals surface area (Å²) in [5.41, 5.74) is 5.23. The number of rotatable bonds is 3. The number of hydrogen-bond donors (Lipinski definition) is 0. The number of carbonyl (C=O) groups is 1. The summed E-state index contributed by atoms with van der Waals surface area (Å²) in [7, 11) is 0. The van der Waals surface area contributed by atoms with Gasteiger partial charge >= 0.3 is 5.97 Å². The molecule has 0 amide bonds. The fourth-order valence-electron chi connectivity index (χ4n) is 2.68. The van der Waals surface area contributed by atoms with Gasteiger partial charge in [0, 0.05) is 0 Å². The molecule has 0 fully saturated rings. The first-order valence-electron chi connectivity index (χ1n) is 6.61. The summed E-state index contributed by atoms with van der Waals surface area (Å²) in [5, 5.41) is 0. The predicted octanol–water partition coefficient (Wildman–Crippen LogP) is 3.17. The molecule has 3 nitrogen and oxygen atoms in total. The van der Waals surface area contributed by atoms with Gasteiger partial charge in [0.05, 0.1) is 18.8 Å². The first-order chi connectivity index (χ1) is 9.04. The molecule has 2 rings (SSSR count). The third-order valence-corrected chi connectivity index (χ3v) is 3.36. The van der Waals surface area contributed by atoms with Crippen molar-refractivity contribution < 1.29 is 14.3 Å². The Kier molecular flexibility index (Phi) is 4.05. The Morgan fingerprint density at radius 2 is 1.95 bits per heavy atom. The minimum atomic E-state index is -0.292. The third-order valence-electron chi connectivity index (χ3n) is 3.36. The van der Waals surface area contributed by atoms with Crippen molar-refractivity contribution in [3.8, 4) is 0 Å². The Bertz CT molecular complexity index is 506. The zero-order valence-electron chi connectivity index (χ0n) is 11.9. The Hall–Kier alpha value is -1.61. The van der Waals surface area contributed by atoms with Crippen LogP contribution in [0.3, 0.4) is 0 Å². The second-order valence-electron chi connectivity index (χ2n) is 4.91. The highest BCUT2D eigenvalue weighted by Crippen LogP contribution is 2.35. The van der Waals surface area contributed by atoms with E-state index in [1.807, 2.05) is 13.0 Å². The van der Waals surface area contributed by atoms with Crippen LogP contribution in [-0.2, 0) is 14.3 Å². The van der Waals surface area contributed by atoms with Gasteiger partial charge < -0.3 is 9.47 Å². The van der Waals surface area contributed by atoms with Crippen molar-refractivity contribution >= 4 is 5.97 Å². The monoisotopic (exact) mass is 260 g/mol. The van der Waals surface area contributed by atoms with Crippen LogP contribution in [0.4, 0.5) is 0 Å². The summed E-state index contributed by atoms with van der Waals surface area (Å²) in [6.45, 7) is 8.84. The van der Waals surface area contributed by atoms with E-state index in [1.54, 1.807) is 0 Å². The molecular weight excluding hydrogens is 240 g/mol. The van der Waals surface area contributed by atoms with E-state index in [1.165, 1.54) is 5.56 Å². The SMILES string of the molecule is CCOC(=O)C1=CCOC1c1c(C)cc(C)cc1C. The van der Waals surface area contributed by atoms with Crippen molar-refractivity contribution in [3.63, 3.8) is 0 Å². The molecule has 1 atom stereocenters. The lowest BCUT2D eigenvalue weighted by Crippen LogP contribution is -2.15. The Morgan fingerprint density at radius 1 is 1.32 bits per heavy atom. The molecule has 0 bridgehead atoms. The quantitative estimate of drug-likeness (QED) is 0.783. The van der Waals surface area contributed by atoms with Gasteiger partial charge in [-0.1, -0.05) is 17.7 Å². The highest BCUT2D eigenvalue weighted by molar-refractivity contribution is 5.90. The molecule has 19 heavy (non-hydrogen) atoms. The second-order valence-corrected chi connectivity index (χ2v) is 4.91. The molecule has 0 spiro atoms. The second kappa shape index (κ2) is 5.57. The van der Waals surface area contributed by atoms with Crippen LogP contribution in [0, 0.1) is 20.8 Å². The van der Waals surface area contributed by atoms with E-state index < -0.39 is 0 Å². The van der Waals surface area contributed by atoms with E-state index in [0.717, 1.165) is 16.7 Å². The van der Waals surface area contributed by atoms with Gasteiger partial charge in [0.15, 0.2) is 0 Å². The fourth-order valence-corrected chi connectivity index (χ4v) is 2.68. The van der Waals surface area contributed by atoms with Crippen LogP contribution in [0.2, 0.25) is 0 Å². The lowest BCUT2D eigenvalue weighted by Gasteiger charge is -2.19. The number of aryl methyl sites for hydroxylation is 3. The number of benzene rings is 1. The van der Waals surface area contributed by atoms with Crippen LogP contribution in [0.15, 0.2) is 23.8 Å². The molecule has 1 aliphatic rings. The van der Waals surface area contributed by atoms with Crippen molar-refractivity contribution in [2.24, 2.45) is 0 Å². The molecule has 0 radical (unpaired) electrons. The maximum atomic E-state index is 11.9. The van der Waals surface area contributed by atoms with E-state index in [2.05, 4.69) is 32.9 Å². The standard InChI is InChI=1S/C16H20O3/c1-5-18-16(17)13-6-7-19-15(13)14-11(3)8-10(2)9-12(14)4/h6,8-9,15H,5,7H2,1-4H3. The van der Waals surface area contributed by atoms with Crippen LogP contribution in [-0.4, -0.2) is 19.2 Å². The molecule has 102 valence electrons. The summed E-state index contributed by atoms with van der Waals surface area (Å²) in [6, 6.07) is 4.24. The minimum Gasteiger partial charge on any atom is -0.463 e. The number of hydrogen-bond acceptors (Lipinski definition) is 3. The van der Waals surface area contributed by atoms with Gasteiger partial charge in [-0.2, -0.15) is 0 Å². The van der Waals surface area contributed by atoms with Crippen molar-refractivity contribution in [1.29, 1.82) is 0 Å². The first-order valence-corrected chi connectivity index (χ1v) is 6.61. The van der Waals surface area contributed by atoms with Crippen LogP contribution < -0.4 is 0 Å². The van der Waals surface area contributed by atoms with Crippen molar-refractivity contribution in [2.75, 3.05) is 13.2 Å². The van der Waals surface area contributed by atoms with Gasteiger partial charge in [0.2, 0.25) is 0 Å². The molecule has 1 heterocycles. The summed E-state index contributed by atoms with van der Waals surface area (Å²) in [6.07, 6.45) is 1.53. The minimum absolute atomic E-state index is 0.274. The topological polar surface area (TPSA) is 35.5 Å². The predicted molar refractivity (Wildman–Crippen MR) is 74.1 cm³/mol. The van der Waals surface area contributed by atoms with Gasteiger partial charge in [0.25, 0.3) is 0 Å². The van der Waals surface area contributed by atoms with Gasteiger partial charge in [-0.15, -0.1) is 0 Å². The maximum Gasteiger partial charge on any atom is 0.336 e. The molecule has 1 aromatic rings. The molecule has 0 aromatic heterocycles. The molecule has 1 unspecified atom stereocenters. The largest absolute Gasteiger partial charge is 0.463 e. The Labute approximate surface area is 114 Å². The Morgan fingerprint density at radius 3 is 2.53 bits per heavy atom. The zero-order valence-corrected chi connectivity index (χ0v) is 11.9. The highest BCUT2D eigenvalue weighted by atomic mass is 16.5. The van der Waals surface area contributed by atoms with Crippen LogP contribution >= 0.6 is 0 Å². The van der Waals surface area contributed by atoms with Crippen molar-refractivity contribution in [1.82, 2.24) is 0 Å². The molecule has 0 aliphatic carbocycles. The van der Waals surface area contributed by atoms with E-state index >= 15 is 0 Å². The molecule has 1 aliphatic heterocycles. The summed E-state index contributed by atoms with van der Waals surface area (Å²) in [5.74, 6) is -0.274. The molecule has 0 N–H and O–H groups in total. The van der Waals surface area contributed by atoms with Crippen molar-refractivity contribution in [3.05, 3.63) is 46.0 Å². The maximum absolute atomic E-state index is 11.9. The summed E-state index contributed by atoms with van der Waals surface area (Å²) in [4.78, 5) is 11.9. The van der Waals surface area contributed by atoms with Crippen LogP contribution in [0.5, 0.6) is 0 Å². The number of carbonyl (C=O) groups excluding carboxylic acids is 1. The molecule has 0 saturated carbocycles.